The number of nitrogens with one attached hydrogen (secondary N) is 1. The van der Waals surface area contributed by atoms with Gasteiger partial charge in [0.1, 0.15) is 12.4 Å². The third kappa shape index (κ3) is 6.55. The predicted octanol–water partition coefficient (Wildman–Crippen LogP) is 4.32. The fourth-order valence-electron chi connectivity index (χ4n) is 2.19. The summed E-state index contributed by atoms with van der Waals surface area (Å²) >= 11 is 0. The minimum Gasteiger partial charge on any atom is -0.489 e. The van der Waals surface area contributed by atoms with E-state index in [0.29, 0.717) is 19.6 Å². The lowest BCUT2D eigenvalue weighted by Crippen LogP contribution is -2.27. The van der Waals surface area contributed by atoms with E-state index in [1.165, 1.54) is 0 Å². The molecule has 1 N–H and O–H groups in total. The number of hydrogen-bond donors (Lipinski definition) is 1. The molecule has 3 nitrogen and oxygen atoms in total. The summed E-state index contributed by atoms with van der Waals surface area (Å²) in [7, 11) is 0. The molecule has 0 aromatic heterocycles. The summed E-state index contributed by atoms with van der Waals surface area (Å²) in [6, 6.07) is 17.9. The zero-order valence-corrected chi connectivity index (χ0v) is 14.1. The second-order valence-electron chi connectivity index (χ2n) is 6.93. The van der Waals surface area contributed by atoms with Crippen LogP contribution in [0.25, 0.3) is 0 Å². The first-order chi connectivity index (χ1) is 10.9. The van der Waals surface area contributed by atoms with E-state index in [1.54, 1.807) is 0 Å². The molecule has 0 fully saturated rings. The van der Waals surface area contributed by atoms with Crippen molar-refractivity contribution in [3.63, 3.8) is 0 Å². The molecule has 0 saturated heterocycles. The minimum absolute atomic E-state index is 0.0131. The van der Waals surface area contributed by atoms with E-state index in [1.807, 2.05) is 54.6 Å². The fourth-order valence-corrected chi connectivity index (χ4v) is 2.19. The van der Waals surface area contributed by atoms with Crippen LogP contribution in [0.4, 0.5) is 0 Å². The van der Waals surface area contributed by atoms with Crippen LogP contribution in [-0.2, 0) is 17.9 Å². The molecule has 0 saturated carbocycles. The molecule has 0 heterocycles. The van der Waals surface area contributed by atoms with Crippen molar-refractivity contribution in [3.8, 4) is 5.75 Å². The maximum Gasteiger partial charge on any atom is 0.220 e. The summed E-state index contributed by atoms with van der Waals surface area (Å²) in [5, 5.41) is 2.95. The molecule has 0 aliphatic rings. The van der Waals surface area contributed by atoms with Gasteiger partial charge >= 0.3 is 0 Å². The Bertz CT molecular complexity index is 612. The first-order valence-electron chi connectivity index (χ1n) is 7.95. The predicted molar refractivity (Wildman–Crippen MR) is 93.1 cm³/mol. The second kappa shape index (κ2) is 7.82. The van der Waals surface area contributed by atoms with E-state index < -0.39 is 0 Å². The van der Waals surface area contributed by atoms with E-state index in [4.69, 9.17) is 4.74 Å². The van der Waals surface area contributed by atoms with E-state index in [9.17, 15) is 4.79 Å². The van der Waals surface area contributed by atoms with Crippen LogP contribution in [0.15, 0.2) is 54.6 Å². The third-order valence-electron chi connectivity index (χ3n) is 3.35. The molecule has 0 radical (unpaired) electrons. The van der Waals surface area contributed by atoms with Crippen molar-refractivity contribution in [1.29, 1.82) is 0 Å². The van der Waals surface area contributed by atoms with Crippen molar-refractivity contribution in [2.24, 2.45) is 5.41 Å². The van der Waals surface area contributed by atoms with Crippen molar-refractivity contribution in [1.82, 2.24) is 5.32 Å². The number of benzene rings is 2. The number of carbonyl (C=O) groups excluding carboxylic acids is 1. The van der Waals surface area contributed by atoms with Crippen molar-refractivity contribution < 1.29 is 9.53 Å². The molecular formula is C20H25NO2. The third-order valence-corrected chi connectivity index (χ3v) is 3.35. The average Bonchev–Trinajstić information content (AvgIpc) is 2.51. The number of carbonyl (C=O) groups is 1. The molecule has 0 unspecified atom stereocenters. The molecule has 122 valence electrons. The monoisotopic (exact) mass is 311 g/mol. The van der Waals surface area contributed by atoms with Crippen LogP contribution in [-0.4, -0.2) is 5.91 Å². The molecule has 0 atom stereocenters. The molecule has 2 aromatic rings. The normalized spacial score (nSPS) is 11.1. The maximum atomic E-state index is 11.8. The first kappa shape index (κ1) is 17.1. The summed E-state index contributed by atoms with van der Waals surface area (Å²) < 4.78 is 5.75. The number of amides is 1. The standard InChI is InChI=1S/C20H25NO2/c1-20(2,3)13-19(22)21-14-16-9-11-18(12-10-16)23-15-17-7-5-4-6-8-17/h4-12H,13-15H2,1-3H3,(H,21,22). The highest BCUT2D eigenvalue weighted by atomic mass is 16.5. The van der Waals surface area contributed by atoms with Crippen molar-refractivity contribution >= 4 is 5.91 Å². The Morgan fingerprint density at radius 1 is 0.957 bits per heavy atom. The summed E-state index contributed by atoms with van der Waals surface area (Å²) in [4.78, 5) is 11.8. The van der Waals surface area contributed by atoms with Gasteiger partial charge in [-0.2, -0.15) is 0 Å². The van der Waals surface area contributed by atoms with Crippen LogP contribution in [0.1, 0.15) is 38.3 Å². The SMILES string of the molecule is CC(C)(C)CC(=O)NCc1ccc(OCc2ccccc2)cc1. The van der Waals surface area contributed by atoms with Crippen LogP contribution in [0.3, 0.4) is 0 Å². The van der Waals surface area contributed by atoms with Gasteiger partial charge in [0.25, 0.3) is 0 Å². The molecule has 1 amide bonds. The Balaban J connectivity index is 1.79. The molecule has 0 aliphatic heterocycles. The highest BCUT2D eigenvalue weighted by molar-refractivity contribution is 5.76. The van der Waals surface area contributed by atoms with Gasteiger partial charge in [-0.1, -0.05) is 63.2 Å². The molecular weight excluding hydrogens is 286 g/mol. The van der Waals surface area contributed by atoms with Gasteiger partial charge in [-0.3, -0.25) is 4.79 Å². The molecule has 0 spiro atoms. The quantitative estimate of drug-likeness (QED) is 0.863. The van der Waals surface area contributed by atoms with Crippen LogP contribution in [0.2, 0.25) is 0 Å². The number of rotatable bonds is 6. The smallest absolute Gasteiger partial charge is 0.220 e. The first-order valence-corrected chi connectivity index (χ1v) is 7.95. The average molecular weight is 311 g/mol. The fraction of sp³-hybridized carbons (Fsp3) is 0.350. The van der Waals surface area contributed by atoms with Crippen molar-refractivity contribution in [2.75, 3.05) is 0 Å². The van der Waals surface area contributed by atoms with Gasteiger partial charge in [0.2, 0.25) is 5.91 Å². The number of ether oxygens (including phenoxy) is 1. The van der Waals surface area contributed by atoms with Crippen LogP contribution in [0, 0.1) is 5.41 Å². The van der Waals surface area contributed by atoms with Crippen LogP contribution in [0.5, 0.6) is 5.75 Å². The number of hydrogen-bond acceptors (Lipinski definition) is 2. The highest BCUT2D eigenvalue weighted by Crippen LogP contribution is 2.18. The molecule has 3 heteroatoms. The Morgan fingerprint density at radius 3 is 2.22 bits per heavy atom. The summed E-state index contributed by atoms with van der Waals surface area (Å²) in [6.45, 7) is 7.29. The highest BCUT2D eigenvalue weighted by Gasteiger charge is 2.15. The Morgan fingerprint density at radius 2 is 1.61 bits per heavy atom. The van der Waals surface area contributed by atoms with E-state index >= 15 is 0 Å². The summed E-state index contributed by atoms with van der Waals surface area (Å²) in [5.41, 5.74) is 2.23. The van der Waals surface area contributed by atoms with Crippen LogP contribution >= 0.6 is 0 Å². The molecule has 23 heavy (non-hydrogen) atoms. The Hall–Kier alpha value is -2.29. The largest absolute Gasteiger partial charge is 0.489 e. The lowest BCUT2D eigenvalue weighted by Gasteiger charge is -2.17. The second-order valence-corrected chi connectivity index (χ2v) is 6.93. The van der Waals surface area contributed by atoms with Gasteiger partial charge in [-0.15, -0.1) is 0 Å². The maximum absolute atomic E-state index is 11.8. The van der Waals surface area contributed by atoms with E-state index in [0.717, 1.165) is 16.9 Å². The zero-order valence-electron chi connectivity index (χ0n) is 14.1. The van der Waals surface area contributed by atoms with Crippen LogP contribution < -0.4 is 10.1 Å². The van der Waals surface area contributed by atoms with Gasteiger partial charge in [0, 0.05) is 13.0 Å². The topological polar surface area (TPSA) is 38.3 Å². The molecule has 2 rings (SSSR count). The van der Waals surface area contributed by atoms with Gasteiger partial charge < -0.3 is 10.1 Å². The van der Waals surface area contributed by atoms with Gasteiger partial charge in [0.15, 0.2) is 0 Å². The minimum atomic E-state index is 0.0131. The summed E-state index contributed by atoms with van der Waals surface area (Å²) in [5.74, 6) is 0.917. The lowest BCUT2D eigenvalue weighted by molar-refractivity contribution is -0.122. The van der Waals surface area contributed by atoms with Crippen molar-refractivity contribution in [2.45, 2.75) is 40.3 Å². The Labute approximate surface area is 138 Å². The lowest BCUT2D eigenvalue weighted by atomic mass is 9.92. The Kier molecular flexibility index (Phi) is 5.80. The molecule has 2 aromatic carbocycles. The van der Waals surface area contributed by atoms with Gasteiger partial charge in [0.05, 0.1) is 0 Å². The van der Waals surface area contributed by atoms with E-state index in [2.05, 4.69) is 26.1 Å². The van der Waals surface area contributed by atoms with Crippen molar-refractivity contribution in [3.05, 3.63) is 65.7 Å². The summed E-state index contributed by atoms with van der Waals surface area (Å²) in [6.07, 6.45) is 0.533. The van der Waals surface area contributed by atoms with Gasteiger partial charge in [-0.25, -0.2) is 0 Å². The van der Waals surface area contributed by atoms with E-state index in [-0.39, 0.29) is 11.3 Å². The zero-order chi connectivity index (χ0) is 16.7. The molecule has 0 bridgehead atoms. The molecule has 0 aliphatic carbocycles. The van der Waals surface area contributed by atoms with Gasteiger partial charge in [-0.05, 0) is 28.7 Å².